The third-order valence-electron chi connectivity index (χ3n) is 2.04. The van der Waals surface area contributed by atoms with E-state index in [9.17, 15) is 0 Å². The molecule has 0 aliphatic carbocycles. The van der Waals surface area contributed by atoms with Gasteiger partial charge in [-0.15, -0.1) is 11.8 Å². The fourth-order valence-corrected chi connectivity index (χ4v) is 2.19. The van der Waals surface area contributed by atoms with Gasteiger partial charge in [-0.1, -0.05) is 0 Å². The van der Waals surface area contributed by atoms with Gasteiger partial charge in [0.1, 0.15) is 0 Å². The van der Waals surface area contributed by atoms with Gasteiger partial charge in [-0.3, -0.25) is 0 Å². The molecule has 0 aliphatic rings. The van der Waals surface area contributed by atoms with Crippen molar-refractivity contribution in [3.05, 3.63) is 23.8 Å². The molecule has 0 aliphatic heterocycles. The maximum Gasteiger partial charge on any atom is 0.0439 e. The van der Waals surface area contributed by atoms with Crippen molar-refractivity contribution in [1.82, 2.24) is 0 Å². The standard InChI is InChI=1S/C11H17NOS/c1-9-8-10(14-7-3-6-13)4-5-11(9)12-2/h4-5,8,12-13H,3,6-7H2,1-2H3. The number of aliphatic hydroxyl groups is 1. The van der Waals surface area contributed by atoms with Crippen LogP contribution < -0.4 is 5.32 Å². The Morgan fingerprint density at radius 1 is 1.43 bits per heavy atom. The Balaban J connectivity index is 2.57. The molecule has 3 heteroatoms. The van der Waals surface area contributed by atoms with Crippen molar-refractivity contribution in [3.63, 3.8) is 0 Å². The molecule has 0 unspecified atom stereocenters. The van der Waals surface area contributed by atoms with Gasteiger partial charge in [-0.05, 0) is 37.1 Å². The highest BCUT2D eigenvalue weighted by atomic mass is 32.2. The molecule has 0 saturated carbocycles. The van der Waals surface area contributed by atoms with E-state index in [2.05, 4.69) is 30.4 Å². The van der Waals surface area contributed by atoms with Gasteiger partial charge < -0.3 is 10.4 Å². The van der Waals surface area contributed by atoms with Crippen LogP contribution in [0, 0.1) is 6.92 Å². The topological polar surface area (TPSA) is 32.3 Å². The molecular weight excluding hydrogens is 194 g/mol. The number of thioether (sulfide) groups is 1. The van der Waals surface area contributed by atoms with Crippen LogP contribution in [0.4, 0.5) is 5.69 Å². The van der Waals surface area contributed by atoms with E-state index in [1.165, 1.54) is 16.1 Å². The molecule has 0 bridgehead atoms. The first kappa shape index (κ1) is 11.4. The summed E-state index contributed by atoms with van der Waals surface area (Å²) in [6, 6.07) is 6.38. The maximum absolute atomic E-state index is 8.66. The molecule has 2 nitrogen and oxygen atoms in total. The zero-order chi connectivity index (χ0) is 10.4. The van der Waals surface area contributed by atoms with Gasteiger partial charge in [0.25, 0.3) is 0 Å². The number of rotatable bonds is 5. The lowest BCUT2D eigenvalue weighted by Crippen LogP contribution is -1.91. The summed E-state index contributed by atoms with van der Waals surface area (Å²) in [7, 11) is 1.93. The monoisotopic (exact) mass is 211 g/mol. The summed E-state index contributed by atoms with van der Waals surface area (Å²) in [6.45, 7) is 2.38. The van der Waals surface area contributed by atoms with Gasteiger partial charge in [-0.25, -0.2) is 0 Å². The summed E-state index contributed by atoms with van der Waals surface area (Å²) in [4.78, 5) is 1.27. The second-order valence-corrected chi connectivity index (χ2v) is 4.32. The van der Waals surface area contributed by atoms with Crippen molar-refractivity contribution in [2.24, 2.45) is 0 Å². The summed E-state index contributed by atoms with van der Waals surface area (Å²) in [5.74, 6) is 0.981. The highest BCUT2D eigenvalue weighted by Gasteiger charge is 1.98. The molecule has 2 N–H and O–H groups in total. The van der Waals surface area contributed by atoms with Crippen molar-refractivity contribution in [3.8, 4) is 0 Å². The van der Waals surface area contributed by atoms with Crippen LogP contribution in [0.2, 0.25) is 0 Å². The Hall–Kier alpha value is -0.670. The van der Waals surface area contributed by atoms with E-state index in [0.29, 0.717) is 0 Å². The first-order valence-electron chi connectivity index (χ1n) is 4.80. The molecule has 0 fully saturated rings. The molecule has 1 rings (SSSR count). The number of nitrogens with one attached hydrogen (secondary N) is 1. The van der Waals surface area contributed by atoms with Crippen LogP contribution in [0.15, 0.2) is 23.1 Å². The molecule has 0 aromatic heterocycles. The summed E-state index contributed by atoms with van der Waals surface area (Å²) < 4.78 is 0. The van der Waals surface area contributed by atoms with E-state index < -0.39 is 0 Å². The van der Waals surface area contributed by atoms with Gasteiger partial charge in [0.2, 0.25) is 0 Å². The van der Waals surface area contributed by atoms with Crippen LogP contribution in [0.3, 0.4) is 0 Å². The zero-order valence-corrected chi connectivity index (χ0v) is 9.53. The van der Waals surface area contributed by atoms with E-state index in [0.717, 1.165) is 12.2 Å². The van der Waals surface area contributed by atoms with E-state index in [4.69, 9.17) is 5.11 Å². The predicted molar refractivity (Wildman–Crippen MR) is 63.2 cm³/mol. The summed E-state index contributed by atoms with van der Waals surface area (Å²) in [5, 5.41) is 11.8. The van der Waals surface area contributed by atoms with Crippen LogP contribution in [0.5, 0.6) is 0 Å². The molecule has 0 amide bonds. The van der Waals surface area contributed by atoms with Crippen LogP contribution in [-0.4, -0.2) is 24.5 Å². The van der Waals surface area contributed by atoms with Gasteiger partial charge in [-0.2, -0.15) is 0 Å². The van der Waals surface area contributed by atoms with E-state index in [1.807, 2.05) is 7.05 Å². The summed E-state index contributed by atoms with van der Waals surface area (Å²) in [6.07, 6.45) is 0.859. The molecule has 0 heterocycles. The van der Waals surface area contributed by atoms with Crippen LogP contribution in [-0.2, 0) is 0 Å². The van der Waals surface area contributed by atoms with Gasteiger partial charge in [0.05, 0.1) is 0 Å². The number of aryl methyl sites for hydroxylation is 1. The normalized spacial score (nSPS) is 10.2. The molecule has 14 heavy (non-hydrogen) atoms. The molecule has 0 saturated heterocycles. The molecule has 0 atom stereocenters. The quantitative estimate of drug-likeness (QED) is 0.580. The Kier molecular flexibility index (Phi) is 4.84. The van der Waals surface area contributed by atoms with Crippen molar-refractivity contribution >= 4 is 17.4 Å². The molecule has 0 radical (unpaired) electrons. The third-order valence-corrected chi connectivity index (χ3v) is 3.12. The molecule has 78 valence electrons. The average Bonchev–Trinajstić information content (AvgIpc) is 2.18. The number of benzene rings is 1. The van der Waals surface area contributed by atoms with Crippen molar-refractivity contribution in [1.29, 1.82) is 0 Å². The van der Waals surface area contributed by atoms with Crippen molar-refractivity contribution in [2.45, 2.75) is 18.2 Å². The molecule has 1 aromatic rings. The highest BCUT2D eigenvalue weighted by molar-refractivity contribution is 7.99. The predicted octanol–water partition coefficient (Wildman–Crippen LogP) is 2.51. The summed E-state index contributed by atoms with van der Waals surface area (Å²) >= 11 is 1.79. The van der Waals surface area contributed by atoms with Crippen LogP contribution >= 0.6 is 11.8 Å². The maximum atomic E-state index is 8.66. The van der Waals surface area contributed by atoms with Gasteiger partial charge >= 0.3 is 0 Å². The number of hydrogen-bond donors (Lipinski definition) is 2. The molecule has 0 spiro atoms. The minimum absolute atomic E-state index is 0.278. The lowest BCUT2D eigenvalue weighted by atomic mass is 10.2. The summed E-state index contributed by atoms with van der Waals surface area (Å²) in [5.41, 5.74) is 2.44. The minimum atomic E-state index is 0.278. The molecule has 1 aromatic carbocycles. The van der Waals surface area contributed by atoms with E-state index >= 15 is 0 Å². The second-order valence-electron chi connectivity index (χ2n) is 3.15. The van der Waals surface area contributed by atoms with Crippen molar-refractivity contribution < 1.29 is 5.11 Å². The van der Waals surface area contributed by atoms with Crippen LogP contribution in [0.1, 0.15) is 12.0 Å². The smallest absolute Gasteiger partial charge is 0.0439 e. The lowest BCUT2D eigenvalue weighted by molar-refractivity contribution is 0.296. The Labute approximate surface area is 89.7 Å². The SMILES string of the molecule is CNc1ccc(SCCCO)cc1C. The van der Waals surface area contributed by atoms with E-state index in [1.54, 1.807) is 11.8 Å². The lowest BCUT2D eigenvalue weighted by Gasteiger charge is -2.07. The van der Waals surface area contributed by atoms with E-state index in [-0.39, 0.29) is 6.61 Å². The van der Waals surface area contributed by atoms with Crippen molar-refractivity contribution in [2.75, 3.05) is 24.7 Å². The first-order chi connectivity index (χ1) is 6.77. The van der Waals surface area contributed by atoms with Gasteiger partial charge in [0.15, 0.2) is 0 Å². The highest BCUT2D eigenvalue weighted by Crippen LogP contribution is 2.24. The van der Waals surface area contributed by atoms with Crippen LogP contribution in [0.25, 0.3) is 0 Å². The Morgan fingerprint density at radius 3 is 2.79 bits per heavy atom. The fraction of sp³-hybridized carbons (Fsp3) is 0.455. The third kappa shape index (κ3) is 3.24. The average molecular weight is 211 g/mol. The number of aliphatic hydroxyl groups excluding tert-OH is 1. The number of anilines is 1. The largest absolute Gasteiger partial charge is 0.396 e. The number of hydrogen-bond acceptors (Lipinski definition) is 3. The zero-order valence-electron chi connectivity index (χ0n) is 8.71. The van der Waals surface area contributed by atoms with Gasteiger partial charge in [0, 0.05) is 30.0 Å². The first-order valence-corrected chi connectivity index (χ1v) is 5.78. The minimum Gasteiger partial charge on any atom is -0.396 e. The molecular formula is C11H17NOS. The Morgan fingerprint density at radius 2 is 2.21 bits per heavy atom. The Bertz CT molecular complexity index is 289. The fourth-order valence-electron chi connectivity index (χ4n) is 1.26. The second kappa shape index (κ2) is 5.94.